The molecular weight excluding hydrogens is 532 g/mol. The number of rotatable bonds is 7. The van der Waals surface area contributed by atoms with Crippen molar-refractivity contribution in [2.45, 2.75) is 44.9 Å². The molecule has 0 unspecified atom stereocenters. The summed E-state index contributed by atoms with van der Waals surface area (Å²) >= 11 is 6.44. The van der Waals surface area contributed by atoms with E-state index >= 15 is 0 Å². The van der Waals surface area contributed by atoms with Crippen LogP contribution in [0.15, 0.2) is 66.7 Å². The third-order valence-electron chi connectivity index (χ3n) is 7.45. The fraction of sp³-hybridized carbons (Fsp3) is 0.414. The minimum atomic E-state index is -2.82. The predicted molar refractivity (Wildman–Crippen MR) is 156 cm³/mol. The molecule has 10 heteroatoms. The molecule has 39 heavy (non-hydrogen) atoms. The number of nitrogens with zero attached hydrogens (tertiary/aromatic N) is 4. The van der Waals surface area contributed by atoms with Gasteiger partial charge in [0.25, 0.3) is 8.32 Å². The molecule has 2 aliphatic rings. The number of benzene rings is 2. The fourth-order valence-electron chi connectivity index (χ4n) is 5.51. The normalized spacial score (nSPS) is 20.3. The lowest BCUT2D eigenvalue weighted by atomic mass is 10.2. The van der Waals surface area contributed by atoms with Crippen molar-refractivity contribution in [1.82, 2.24) is 9.97 Å². The molecule has 3 aromatic rings. The maximum atomic E-state index is 13.2. The Morgan fingerprint density at radius 2 is 1.59 bits per heavy atom. The van der Waals surface area contributed by atoms with Crippen LogP contribution in [0.2, 0.25) is 10.2 Å². The van der Waals surface area contributed by atoms with Gasteiger partial charge in [0.2, 0.25) is 5.95 Å². The number of cyclic esters (lactones) is 1. The minimum Gasteiger partial charge on any atom is -0.444 e. The quantitative estimate of drug-likeness (QED) is 0.312. The van der Waals surface area contributed by atoms with Gasteiger partial charge in [-0.3, -0.25) is 4.90 Å². The molecular formula is C29H35ClN4O4Si. The molecule has 0 spiro atoms. The predicted octanol–water partition coefficient (Wildman–Crippen LogP) is 4.26. The molecule has 0 bridgehead atoms. The van der Waals surface area contributed by atoms with Crippen molar-refractivity contribution in [3.8, 4) is 0 Å². The number of aromatic nitrogens is 2. The summed E-state index contributed by atoms with van der Waals surface area (Å²) in [6.07, 6.45) is -0.877. The van der Waals surface area contributed by atoms with Crippen LogP contribution in [0, 0.1) is 0 Å². The molecule has 206 valence electrons. The molecule has 2 fully saturated rings. The molecule has 1 amide bonds. The highest BCUT2D eigenvalue weighted by molar-refractivity contribution is 6.99. The summed E-state index contributed by atoms with van der Waals surface area (Å²) in [5.74, 6) is 0.877. The lowest BCUT2D eigenvalue weighted by Gasteiger charge is -2.44. The van der Waals surface area contributed by atoms with Crippen LogP contribution >= 0.6 is 11.6 Å². The smallest absolute Gasteiger partial charge is 0.416 e. The zero-order valence-corrected chi connectivity index (χ0v) is 24.6. The van der Waals surface area contributed by atoms with Crippen molar-refractivity contribution >= 4 is 48.2 Å². The van der Waals surface area contributed by atoms with Gasteiger partial charge < -0.3 is 18.8 Å². The second kappa shape index (κ2) is 11.2. The molecule has 0 N–H and O–H groups in total. The largest absolute Gasteiger partial charge is 0.444 e. The van der Waals surface area contributed by atoms with Gasteiger partial charge >= 0.3 is 6.09 Å². The van der Waals surface area contributed by atoms with Crippen LogP contribution in [0.5, 0.6) is 0 Å². The highest BCUT2D eigenvalue weighted by Gasteiger charge is 2.52. The number of morpholine rings is 1. The Hall–Kier alpha value is -2.98. The minimum absolute atomic E-state index is 0.199. The van der Waals surface area contributed by atoms with Gasteiger partial charge in [0.1, 0.15) is 23.1 Å². The van der Waals surface area contributed by atoms with Gasteiger partial charge in [0.05, 0.1) is 19.8 Å². The Balaban J connectivity index is 1.52. The Kier molecular flexibility index (Phi) is 7.95. The summed E-state index contributed by atoms with van der Waals surface area (Å²) in [5, 5.41) is 2.41. The lowest BCUT2D eigenvalue weighted by Crippen LogP contribution is -2.67. The van der Waals surface area contributed by atoms with Gasteiger partial charge in [-0.25, -0.2) is 9.78 Å². The van der Waals surface area contributed by atoms with E-state index in [9.17, 15) is 4.79 Å². The van der Waals surface area contributed by atoms with Gasteiger partial charge in [-0.1, -0.05) is 93.0 Å². The summed E-state index contributed by atoms with van der Waals surface area (Å²) < 4.78 is 18.3. The van der Waals surface area contributed by atoms with Gasteiger partial charge in [0.15, 0.2) is 0 Å². The second-order valence-corrected chi connectivity index (χ2v) is 15.6. The molecule has 1 aromatic heterocycles. The van der Waals surface area contributed by atoms with Gasteiger partial charge in [-0.2, -0.15) is 4.98 Å². The maximum Gasteiger partial charge on any atom is 0.416 e. The van der Waals surface area contributed by atoms with Crippen LogP contribution in [0.3, 0.4) is 0 Å². The Labute approximate surface area is 236 Å². The molecule has 5 rings (SSSR count). The molecule has 0 aliphatic carbocycles. The summed E-state index contributed by atoms with van der Waals surface area (Å²) in [5.41, 5.74) is 0. The Morgan fingerprint density at radius 3 is 2.15 bits per heavy atom. The molecule has 0 saturated carbocycles. The number of hydrogen-bond acceptors (Lipinski definition) is 7. The van der Waals surface area contributed by atoms with E-state index in [1.807, 2.05) is 24.0 Å². The van der Waals surface area contributed by atoms with Crippen LogP contribution in [0.25, 0.3) is 0 Å². The summed E-state index contributed by atoms with van der Waals surface area (Å²) in [6.45, 7) is 11.3. The maximum absolute atomic E-state index is 13.2. The van der Waals surface area contributed by atoms with E-state index in [1.165, 1.54) is 10.4 Å². The number of halogens is 1. The second-order valence-electron chi connectivity index (χ2n) is 10.9. The zero-order chi connectivity index (χ0) is 27.6. The first-order valence-corrected chi connectivity index (χ1v) is 15.6. The number of anilines is 2. The third-order valence-corrected chi connectivity index (χ3v) is 12.7. The molecule has 2 atom stereocenters. The number of carbonyl (C=O) groups excluding carboxylic acids is 1. The number of hydrogen-bond donors (Lipinski definition) is 0. The SMILES string of the molecule is C[C@@H]1OC(=O)N(c2cc(Cl)nc(N3CCOCC3)n2)[C@H]1CO[Si](c1ccccc1)(c1ccccc1)C(C)(C)C. The van der Waals surface area contributed by atoms with Crippen LogP contribution < -0.4 is 20.2 Å². The number of amides is 1. The van der Waals surface area contributed by atoms with E-state index in [4.69, 9.17) is 30.5 Å². The molecule has 2 aliphatic heterocycles. The standard InChI is InChI=1S/C29H35ClN4O4Si/c1-21-24(34(28(35)38-21)26-19-25(30)31-27(32-26)33-15-17-36-18-16-33)20-37-39(29(2,3)4,22-11-7-5-8-12-22)23-13-9-6-10-14-23/h5-14,19,21,24H,15-18,20H2,1-4H3/t21-,24-/m0/s1. The van der Waals surface area contributed by atoms with Crippen LogP contribution in [0.4, 0.5) is 16.6 Å². The van der Waals surface area contributed by atoms with E-state index in [-0.39, 0.29) is 16.8 Å². The first-order valence-electron chi connectivity index (χ1n) is 13.3. The van der Waals surface area contributed by atoms with E-state index in [0.29, 0.717) is 38.1 Å². The van der Waals surface area contributed by atoms with Gasteiger partial charge in [-0.05, 0) is 22.3 Å². The van der Waals surface area contributed by atoms with Crippen molar-refractivity contribution in [3.63, 3.8) is 0 Å². The van der Waals surface area contributed by atoms with Crippen molar-refractivity contribution in [2.75, 3.05) is 42.7 Å². The zero-order valence-electron chi connectivity index (χ0n) is 22.8. The first kappa shape index (κ1) is 27.6. The van der Waals surface area contributed by atoms with E-state index in [1.54, 1.807) is 11.0 Å². The van der Waals surface area contributed by atoms with Crippen LogP contribution in [0.1, 0.15) is 27.7 Å². The van der Waals surface area contributed by atoms with Crippen LogP contribution in [-0.4, -0.2) is 69.4 Å². The topological polar surface area (TPSA) is 77.0 Å². The molecule has 2 saturated heterocycles. The lowest BCUT2D eigenvalue weighted by molar-refractivity contribution is 0.122. The highest BCUT2D eigenvalue weighted by atomic mass is 35.5. The highest BCUT2D eigenvalue weighted by Crippen LogP contribution is 2.38. The molecule has 3 heterocycles. The van der Waals surface area contributed by atoms with Crippen molar-refractivity contribution < 1.29 is 18.7 Å². The van der Waals surface area contributed by atoms with E-state index < -0.39 is 26.6 Å². The molecule has 0 radical (unpaired) electrons. The average Bonchev–Trinajstić information content (AvgIpc) is 3.22. The Morgan fingerprint density at radius 1 is 1.00 bits per heavy atom. The summed E-state index contributed by atoms with van der Waals surface area (Å²) in [4.78, 5) is 25.9. The summed E-state index contributed by atoms with van der Waals surface area (Å²) in [6, 6.07) is 22.1. The Bertz CT molecular complexity index is 1250. The van der Waals surface area contributed by atoms with Gasteiger partial charge in [0, 0.05) is 19.2 Å². The van der Waals surface area contributed by atoms with Crippen molar-refractivity contribution in [1.29, 1.82) is 0 Å². The third kappa shape index (κ3) is 5.41. The van der Waals surface area contributed by atoms with Crippen LogP contribution in [-0.2, 0) is 13.9 Å². The molecule has 8 nitrogen and oxygen atoms in total. The van der Waals surface area contributed by atoms with Crippen molar-refractivity contribution in [2.24, 2.45) is 0 Å². The first-order chi connectivity index (χ1) is 18.7. The average molecular weight is 567 g/mol. The summed E-state index contributed by atoms with van der Waals surface area (Å²) in [7, 11) is -2.82. The fourth-order valence-corrected chi connectivity index (χ4v) is 10.3. The number of carbonyl (C=O) groups is 1. The molecule has 2 aromatic carbocycles. The van der Waals surface area contributed by atoms with Gasteiger partial charge in [-0.15, -0.1) is 0 Å². The van der Waals surface area contributed by atoms with E-state index in [2.05, 4.69) is 74.3 Å². The monoisotopic (exact) mass is 566 g/mol. The number of ether oxygens (including phenoxy) is 2. The van der Waals surface area contributed by atoms with Crippen molar-refractivity contribution in [3.05, 3.63) is 71.9 Å². The van der Waals surface area contributed by atoms with E-state index in [0.717, 1.165) is 0 Å².